The second kappa shape index (κ2) is 10.8. The molecule has 1 aliphatic rings. The van der Waals surface area contributed by atoms with E-state index in [2.05, 4.69) is 4.98 Å². The van der Waals surface area contributed by atoms with Gasteiger partial charge in [0.05, 0.1) is 19.3 Å². The molecule has 1 aromatic rings. The molecule has 3 atom stereocenters. The summed E-state index contributed by atoms with van der Waals surface area (Å²) in [5.41, 5.74) is -1.07. The fourth-order valence-corrected chi connectivity index (χ4v) is 3.07. The molecule has 1 aromatic heterocycles. The molecular weight excluding hydrogens is 366 g/mol. The SMILES string of the molecule is O=c1ccn([C@H]2CC[C@H](COP(=O)(O)OCCCCO)O2)c(=O)[nH]1.[Na]. The predicted molar refractivity (Wildman–Crippen MR) is 88.3 cm³/mol. The maximum Gasteiger partial charge on any atom is 0.472 e. The number of aliphatic hydroxyl groups is 1. The molecule has 10 nitrogen and oxygen atoms in total. The zero-order chi connectivity index (χ0) is 17.6. The molecule has 0 aromatic carbocycles. The summed E-state index contributed by atoms with van der Waals surface area (Å²) in [6, 6.07) is 1.22. The van der Waals surface area contributed by atoms with Crippen molar-refractivity contribution in [1.82, 2.24) is 9.55 Å². The van der Waals surface area contributed by atoms with Gasteiger partial charge in [0.25, 0.3) is 5.56 Å². The average molecular weight is 387 g/mol. The fraction of sp³-hybridized carbons (Fsp3) is 0.692. The molecule has 3 N–H and O–H groups in total. The number of hydrogen-bond acceptors (Lipinski definition) is 7. The molecule has 1 radical (unpaired) electrons. The maximum absolute atomic E-state index is 11.7. The van der Waals surface area contributed by atoms with Crippen LogP contribution < -0.4 is 11.2 Å². The number of aliphatic hydroxyl groups excluding tert-OH is 1. The minimum Gasteiger partial charge on any atom is -0.396 e. The van der Waals surface area contributed by atoms with Gasteiger partial charge < -0.3 is 14.7 Å². The summed E-state index contributed by atoms with van der Waals surface area (Å²) >= 11 is 0. The molecule has 0 aliphatic carbocycles. The van der Waals surface area contributed by atoms with Gasteiger partial charge in [-0.05, 0) is 25.7 Å². The van der Waals surface area contributed by atoms with Gasteiger partial charge in [-0.1, -0.05) is 0 Å². The van der Waals surface area contributed by atoms with Crippen molar-refractivity contribution in [1.29, 1.82) is 0 Å². The average Bonchev–Trinajstić information content (AvgIpc) is 2.98. The second-order valence-electron chi connectivity index (χ2n) is 5.34. The number of ether oxygens (including phenoxy) is 1. The smallest absolute Gasteiger partial charge is 0.396 e. The van der Waals surface area contributed by atoms with Crippen molar-refractivity contribution in [3.63, 3.8) is 0 Å². The molecule has 1 saturated heterocycles. The first-order valence-corrected chi connectivity index (χ1v) is 9.10. The second-order valence-corrected chi connectivity index (χ2v) is 6.79. The Morgan fingerprint density at radius 2 is 2.08 bits per heavy atom. The van der Waals surface area contributed by atoms with E-state index in [1.54, 1.807) is 0 Å². The minimum absolute atomic E-state index is 0. The van der Waals surface area contributed by atoms with Gasteiger partial charge in [0.2, 0.25) is 0 Å². The standard InChI is InChI=1S/C13H21N2O8P.Na/c16-7-1-2-8-21-24(19,20)22-9-10-3-4-12(23-10)15-6-5-11(17)14-13(15)18;/h5-6,10,12,16H,1-4,7-9H2,(H,19,20)(H,14,17,18);/t10-,12-;/m1./s1. The maximum atomic E-state index is 11.7. The van der Waals surface area contributed by atoms with Gasteiger partial charge in [-0.15, -0.1) is 0 Å². The third kappa shape index (κ3) is 7.46. The third-order valence-corrected chi connectivity index (χ3v) is 4.46. The van der Waals surface area contributed by atoms with Crippen LogP contribution in [0, 0.1) is 0 Å². The largest absolute Gasteiger partial charge is 0.472 e. The van der Waals surface area contributed by atoms with Crippen LogP contribution >= 0.6 is 7.82 Å². The Bertz CT molecular complexity index is 693. The van der Waals surface area contributed by atoms with Crippen LogP contribution in [0.4, 0.5) is 0 Å². The number of aromatic amines is 1. The van der Waals surface area contributed by atoms with Gasteiger partial charge in [-0.25, -0.2) is 9.36 Å². The predicted octanol–water partition coefficient (Wildman–Crippen LogP) is -0.261. The number of hydrogen-bond donors (Lipinski definition) is 3. The van der Waals surface area contributed by atoms with Crippen LogP contribution in [-0.4, -0.2) is 75.0 Å². The number of aromatic nitrogens is 2. The third-order valence-electron chi connectivity index (χ3n) is 3.48. The van der Waals surface area contributed by atoms with Crippen LogP contribution in [-0.2, 0) is 18.3 Å². The van der Waals surface area contributed by atoms with Crippen LogP contribution in [0.25, 0.3) is 0 Å². The topological polar surface area (TPSA) is 140 Å². The van der Waals surface area contributed by atoms with E-state index in [1.165, 1.54) is 16.8 Å². The quantitative estimate of drug-likeness (QED) is 0.299. The van der Waals surface area contributed by atoms with Gasteiger partial charge in [-0.2, -0.15) is 0 Å². The van der Waals surface area contributed by atoms with Crippen molar-refractivity contribution >= 4 is 37.4 Å². The van der Waals surface area contributed by atoms with Crippen molar-refractivity contribution < 1.29 is 28.3 Å². The summed E-state index contributed by atoms with van der Waals surface area (Å²) in [7, 11) is -4.17. The van der Waals surface area contributed by atoms with E-state index in [4.69, 9.17) is 18.9 Å². The molecule has 0 bridgehead atoms. The zero-order valence-electron chi connectivity index (χ0n) is 14.0. The van der Waals surface area contributed by atoms with E-state index in [9.17, 15) is 19.0 Å². The van der Waals surface area contributed by atoms with Crippen LogP contribution in [0.2, 0.25) is 0 Å². The van der Waals surface area contributed by atoms with E-state index in [-0.39, 0.29) is 49.4 Å². The van der Waals surface area contributed by atoms with Gasteiger partial charge in [0, 0.05) is 48.4 Å². The van der Waals surface area contributed by atoms with E-state index < -0.39 is 31.4 Å². The molecule has 25 heavy (non-hydrogen) atoms. The summed E-state index contributed by atoms with van der Waals surface area (Å²) < 4.78 is 28.2. The van der Waals surface area contributed by atoms with Crippen LogP contribution in [0.15, 0.2) is 21.9 Å². The molecule has 0 saturated carbocycles. The summed E-state index contributed by atoms with van der Waals surface area (Å²) in [6.07, 6.45) is 2.27. The van der Waals surface area contributed by atoms with E-state index in [0.717, 1.165) is 0 Å². The number of phosphoric ester groups is 1. The van der Waals surface area contributed by atoms with Crippen molar-refractivity contribution in [2.24, 2.45) is 0 Å². The molecule has 137 valence electrons. The van der Waals surface area contributed by atoms with Gasteiger partial charge in [0.1, 0.15) is 6.23 Å². The van der Waals surface area contributed by atoms with Crippen molar-refractivity contribution in [3.8, 4) is 0 Å². The first-order valence-electron chi connectivity index (χ1n) is 7.61. The summed E-state index contributed by atoms with van der Waals surface area (Å²) in [5, 5.41) is 8.62. The molecule has 2 rings (SSSR count). The van der Waals surface area contributed by atoms with Gasteiger partial charge in [-0.3, -0.25) is 23.4 Å². The monoisotopic (exact) mass is 387 g/mol. The molecule has 1 fully saturated rings. The fourth-order valence-electron chi connectivity index (χ4n) is 2.28. The van der Waals surface area contributed by atoms with Crippen molar-refractivity contribution in [3.05, 3.63) is 33.1 Å². The first-order chi connectivity index (χ1) is 11.4. The molecule has 12 heteroatoms. The number of unbranched alkanes of at least 4 members (excludes halogenated alkanes) is 1. The van der Waals surface area contributed by atoms with E-state index in [1.807, 2.05) is 0 Å². The Morgan fingerprint density at radius 3 is 2.76 bits per heavy atom. The van der Waals surface area contributed by atoms with E-state index >= 15 is 0 Å². The number of nitrogens with one attached hydrogen (secondary N) is 1. The molecular formula is C13H21N2NaO8P. The Kier molecular flexibility index (Phi) is 9.79. The summed E-state index contributed by atoms with van der Waals surface area (Å²) in [6.45, 7) is -0.154. The number of phosphoric acid groups is 1. The molecule has 0 amide bonds. The number of H-pyrrole nitrogens is 1. The van der Waals surface area contributed by atoms with Crippen molar-refractivity contribution in [2.75, 3.05) is 19.8 Å². The van der Waals surface area contributed by atoms with Crippen LogP contribution in [0.3, 0.4) is 0 Å². The molecule has 2 heterocycles. The summed E-state index contributed by atoms with van der Waals surface area (Å²) in [4.78, 5) is 34.4. The number of rotatable bonds is 9. The molecule has 0 spiro atoms. The summed E-state index contributed by atoms with van der Waals surface area (Å²) in [5.74, 6) is 0. The number of nitrogens with zero attached hydrogens (tertiary/aromatic N) is 1. The minimum atomic E-state index is -4.17. The Balaban J connectivity index is 0.00000312. The first kappa shape index (κ1) is 22.8. The van der Waals surface area contributed by atoms with Crippen LogP contribution in [0.5, 0.6) is 0 Å². The van der Waals surface area contributed by atoms with E-state index in [0.29, 0.717) is 25.7 Å². The normalized spacial score (nSPS) is 22.3. The Hall–Kier alpha value is -0.290. The Labute approximate surface area is 166 Å². The molecule has 1 unspecified atom stereocenters. The van der Waals surface area contributed by atoms with Gasteiger partial charge in [0.15, 0.2) is 0 Å². The molecule has 1 aliphatic heterocycles. The van der Waals surface area contributed by atoms with Gasteiger partial charge >= 0.3 is 13.5 Å². The Morgan fingerprint density at radius 1 is 1.32 bits per heavy atom. The van der Waals surface area contributed by atoms with Crippen molar-refractivity contribution in [2.45, 2.75) is 38.0 Å². The van der Waals surface area contributed by atoms with Crippen LogP contribution in [0.1, 0.15) is 31.9 Å². The zero-order valence-corrected chi connectivity index (χ0v) is 16.9.